The third-order valence-corrected chi connectivity index (χ3v) is 4.21. The first-order valence-corrected chi connectivity index (χ1v) is 6.61. The molecule has 1 aromatic carbocycles. The lowest BCUT2D eigenvalue weighted by molar-refractivity contribution is 0.626. The van der Waals surface area contributed by atoms with Crippen LogP contribution in [0.4, 0.5) is 4.39 Å². The predicted molar refractivity (Wildman–Crippen MR) is 70.1 cm³/mol. The zero-order valence-electron chi connectivity index (χ0n) is 9.40. The van der Waals surface area contributed by atoms with Gasteiger partial charge in [-0.15, -0.1) is 11.3 Å². The molecule has 0 saturated heterocycles. The molecule has 4 heteroatoms. The van der Waals surface area contributed by atoms with Crippen molar-refractivity contribution >= 4 is 11.3 Å². The molecule has 3 aromatic rings. The van der Waals surface area contributed by atoms with Crippen molar-refractivity contribution in [1.82, 2.24) is 10.2 Å². The average molecular weight is 256 g/mol. The van der Waals surface area contributed by atoms with Crippen LogP contribution in [0.1, 0.15) is 11.1 Å². The molecule has 1 N–H and O–H groups in total. The number of rotatable bonds is 1. The summed E-state index contributed by atoms with van der Waals surface area (Å²) in [5, 5.41) is 9.53. The van der Waals surface area contributed by atoms with Crippen molar-refractivity contribution in [2.75, 3.05) is 0 Å². The van der Waals surface area contributed by atoms with Crippen molar-refractivity contribution in [2.45, 2.75) is 6.42 Å². The molecule has 0 unspecified atom stereocenters. The number of halogens is 1. The third kappa shape index (κ3) is 1.29. The number of nitrogens with one attached hydrogen (secondary N) is 1. The third-order valence-electron chi connectivity index (χ3n) is 3.32. The quantitative estimate of drug-likeness (QED) is 0.550. The maximum Gasteiger partial charge on any atom is 0.123 e. The Hall–Kier alpha value is -1.94. The smallest absolute Gasteiger partial charge is 0.123 e. The van der Waals surface area contributed by atoms with Gasteiger partial charge in [-0.1, -0.05) is 6.07 Å². The number of benzene rings is 1. The summed E-state index contributed by atoms with van der Waals surface area (Å²) in [6.07, 6.45) is 0.756. The molecule has 0 atom stereocenters. The Morgan fingerprint density at radius 1 is 1.28 bits per heavy atom. The summed E-state index contributed by atoms with van der Waals surface area (Å²) < 4.78 is 13.2. The van der Waals surface area contributed by atoms with E-state index in [1.54, 1.807) is 17.4 Å². The summed E-state index contributed by atoms with van der Waals surface area (Å²) in [7, 11) is 0. The van der Waals surface area contributed by atoms with Gasteiger partial charge in [0, 0.05) is 17.5 Å². The number of hydrogen-bond donors (Lipinski definition) is 1. The molecule has 0 aliphatic heterocycles. The minimum atomic E-state index is -0.180. The number of aromatic amines is 1. The number of H-pyrrole nitrogens is 1. The van der Waals surface area contributed by atoms with E-state index in [0.717, 1.165) is 28.9 Å². The van der Waals surface area contributed by atoms with Crippen LogP contribution >= 0.6 is 11.3 Å². The van der Waals surface area contributed by atoms with Gasteiger partial charge in [0.05, 0.1) is 16.3 Å². The Balaban J connectivity index is 1.91. The van der Waals surface area contributed by atoms with E-state index < -0.39 is 0 Å². The topological polar surface area (TPSA) is 28.7 Å². The summed E-state index contributed by atoms with van der Waals surface area (Å²) >= 11 is 1.68. The number of nitrogens with zero attached hydrogens (tertiary/aromatic N) is 1. The highest BCUT2D eigenvalue weighted by atomic mass is 32.1. The first kappa shape index (κ1) is 10.0. The van der Waals surface area contributed by atoms with E-state index in [0.29, 0.717) is 0 Å². The van der Waals surface area contributed by atoms with E-state index in [1.807, 2.05) is 17.5 Å². The predicted octanol–water partition coefficient (Wildman–Crippen LogP) is 3.85. The number of thiophene rings is 1. The second kappa shape index (κ2) is 3.53. The van der Waals surface area contributed by atoms with Crippen molar-refractivity contribution in [3.05, 3.63) is 52.7 Å². The van der Waals surface area contributed by atoms with Crippen LogP contribution < -0.4 is 0 Å². The molecule has 88 valence electrons. The van der Waals surface area contributed by atoms with Crippen molar-refractivity contribution in [2.24, 2.45) is 0 Å². The van der Waals surface area contributed by atoms with Crippen LogP contribution in [0.15, 0.2) is 35.7 Å². The summed E-state index contributed by atoms with van der Waals surface area (Å²) in [5.41, 5.74) is 5.29. The fourth-order valence-corrected chi connectivity index (χ4v) is 3.26. The van der Waals surface area contributed by atoms with Gasteiger partial charge in [0.1, 0.15) is 5.82 Å². The van der Waals surface area contributed by atoms with Crippen LogP contribution in [0.25, 0.3) is 21.8 Å². The van der Waals surface area contributed by atoms with E-state index in [-0.39, 0.29) is 5.82 Å². The monoisotopic (exact) mass is 256 g/mol. The Bertz CT molecular complexity index is 728. The Kier molecular flexibility index (Phi) is 1.96. The SMILES string of the molecule is Fc1ccc2c(c1)Cc1c-2n[nH]c1-c1cccs1. The van der Waals surface area contributed by atoms with Crippen molar-refractivity contribution < 1.29 is 4.39 Å². The first-order valence-electron chi connectivity index (χ1n) is 5.73. The van der Waals surface area contributed by atoms with Gasteiger partial charge in [-0.3, -0.25) is 5.10 Å². The zero-order valence-corrected chi connectivity index (χ0v) is 10.2. The normalized spacial score (nSPS) is 12.5. The lowest BCUT2D eigenvalue weighted by Gasteiger charge is -1.98. The Morgan fingerprint density at radius 3 is 3.06 bits per heavy atom. The first-order chi connectivity index (χ1) is 8.83. The van der Waals surface area contributed by atoms with Gasteiger partial charge in [-0.2, -0.15) is 5.10 Å². The minimum Gasteiger partial charge on any atom is -0.276 e. The second-order valence-electron chi connectivity index (χ2n) is 4.38. The molecule has 0 radical (unpaired) electrons. The summed E-state index contributed by atoms with van der Waals surface area (Å²) in [4.78, 5) is 1.18. The van der Waals surface area contributed by atoms with Crippen LogP contribution in [-0.2, 0) is 6.42 Å². The molecule has 2 heterocycles. The molecule has 4 rings (SSSR count). The van der Waals surface area contributed by atoms with Crippen LogP contribution in [0.2, 0.25) is 0 Å². The maximum absolute atomic E-state index is 13.2. The van der Waals surface area contributed by atoms with Crippen LogP contribution in [0.5, 0.6) is 0 Å². The van der Waals surface area contributed by atoms with E-state index in [2.05, 4.69) is 16.3 Å². The van der Waals surface area contributed by atoms with Gasteiger partial charge in [-0.25, -0.2) is 4.39 Å². The fourth-order valence-electron chi connectivity index (χ4n) is 2.51. The maximum atomic E-state index is 13.2. The van der Waals surface area contributed by atoms with E-state index in [9.17, 15) is 4.39 Å². The average Bonchev–Trinajstić information content (AvgIpc) is 3.01. The van der Waals surface area contributed by atoms with Gasteiger partial charge < -0.3 is 0 Å². The largest absolute Gasteiger partial charge is 0.276 e. The molecule has 0 amide bonds. The zero-order chi connectivity index (χ0) is 12.1. The molecule has 0 spiro atoms. The standard InChI is InChI=1S/C14H9FN2S/c15-9-3-4-10-8(6-9)7-11-13(10)16-17-14(11)12-2-1-5-18-12/h1-6H,7H2,(H,16,17). The molecule has 2 aromatic heterocycles. The number of aromatic nitrogens is 2. The number of fused-ring (bicyclic) bond motifs is 3. The molecular formula is C14H9FN2S. The van der Waals surface area contributed by atoms with Crippen LogP contribution in [0, 0.1) is 5.82 Å². The minimum absolute atomic E-state index is 0.180. The van der Waals surface area contributed by atoms with Gasteiger partial charge >= 0.3 is 0 Å². The number of hydrogen-bond acceptors (Lipinski definition) is 2. The van der Waals surface area contributed by atoms with E-state index in [4.69, 9.17) is 0 Å². The van der Waals surface area contributed by atoms with Crippen molar-refractivity contribution in [3.8, 4) is 21.8 Å². The molecule has 0 bridgehead atoms. The van der Waals surface area contributed by atoms with Gasteiger partial charge in [0.15, 0.2) is 0 Å². The lowest BCUT2D eigenvalue weighted by Crippen LogP contribution is -1.86. The Morgan fingerprint density at radius 2 is 2.22 bits per heavy atom. The van der Waals surface area contributed by atoms with Crippen LogP contribution in [0.3, 0.4) is 0 Å². The molecule has 1 aliphatic carbocycles. The molecule has 1 aliphatic rings. The lowest BCUT2D eigenvalue weighted by atomic mass is 10.1. The van der Waals surface area contributed by atoms with Crippen LogP contribution in [-0.4, -0.2) is 10.2 Å². The van der Waals surface area contributed by atoms with Crippen molar-refractivity contribution in [1.29, 1.82) is 0 Å². The molecule has 18 heavy (non-hydrogen) atoms. The Labute approximate surface area is 107 Å². The van der Waals surface area contributed by atoms with Gasteiger partial charge in [-0.05, 0) is 35.2 Å². The second-order valence-corrected chi connectivity index (χ2v) is 5.33. The summed E-state index contributed by atoms with van der Waals surface area (Å²) in [6, 6.07) is 9.01. The molecule has 2 nitrogen and oxygen atoms in total. The highest BCUT2D eigenvalue weighted by Gasteiger charge is 2.25. The van der Waals surface area contributed by atoms with Gasteiger partial charge in [0.25, 0.3) is 0 Å². The highest BCUT2D eigenvalue weighted by molar-refractivity contribution is 7.13. The van der Waals surface area contributed by atoms with Crippen molar-refractivity contribution in [3.63, 3.8) is 0 Å². The molecule has 0 saturated carbocycles. The van der Waals surface area contributed by atoms with Gasteiger partial charge in [0.2, 0.25) is 0 Å². The summed E-state index contributed by atoms with van der Waals surface area (Å²) in [5.74, 6) is -0.180. The summed E-state index contributed by atoms with van der Waals surface area (Å²) in [6.45, 7) is 0. The highest BCUT2D eigenvalue weighted by Crippen LogP contribution is 2.41. The van der Waals surface area contributed by atoms with E-state index in [1.165, 1.54) is 16.5 Å². The van der Waals surface area contributed by atoms with E-state index >= 15 is 0 Å². The molecule has 0 fully saturated rings. The fraction of sp³-hybridized carbons (Fsp3) is 0.0714. The molecular weight excluding hydrogens is 247 g/mol.